The zero-order valence-electron chi connectivity index (χ0n) is 14.8. The number of aryl methyl sites for hydroxylation is 1. The SMILES string of the molecule is COc1cccc([C@@H](C)N(C)C(=O)c2cc3cccc(Cl)c3n2C)c1. The summed E-state index contributed by atoms with van der Waals surface area (Å²) in [5.41, 5.74) is 2.50. The van der Waals surface area contributed by atoms with Crippen LogP contribution in [0, 0.1) is 0 Å². The Kier molecular flexibility index (Phi) is 4.73. The van der Waals surface area contributed by atoms with Crippen molar-refractivity contribution in [2.75, 3.05) is 14.2 Å². The Morgan fingerprint density at radius 3 is 2.60 bits per heavy atom. The number of carbonyl (C=O) groups excluding carboxylic acids is 1. The van der Waals surface area contributed by atoms with Gasteiger partial charge in [0, 0.05) is 19.5 Å². The fourth-order valence-electron chi connectivity index (χ4n) is 3.05. The van der Waals surface area contributed by atoms with Gasteiger partial charge in [0.2, 0.25) is 0 Å². The van der Waals surface area contributed by atoms with E-state index in [4.69, 9.17) is 16.3 Å². The van der Waals surface area contributed by atoms with E-state index in [9.17, 15) is 4.79 Å². The first-order chi connectivity index (χ1) is 11.9. The molecule has 1 atom stereocenters. The molecule has 0 N–H and O–H groups in total. The third kappa shape index (κ3) is 3.10. The lowest BCUT2D eigenvalue weighted by atomic mass is 10.1. The summed E-state index contributed by atoms with van der Waals surface area (Å²) in [7, 11) is 5.31. The zero-order valence-corrected chi connectivity index (χ0v) is 15.5. The van der Waals surface area contributed by atoms with Crippen molar-refractivity contribution in [2.45, 2.75) is 13.0 Å². The number of benzene rings is 2. The molecule has 0 aliphatic heterocycles. The summed E-state index contributed by atoms with van der Waals surface area (Å²) >= 11 is 6.29. The van der Waals surface area contributed by atoms with E-state index in [1.54, 1.807) is 12.0 Å². The van der Waals surface area contributed by atoms with Crippen LogP contribution in [0.2, 0.25) is 5.02 Å². The number of methoxy groups -OCH3 is 1. The molecule has 0 spiro atoms. The highest BCUT2D eigenvalue weighted by molar-refractivity contribution is 6.35. The molecule has 1 amide bonds. The Hall–Kier alpha value is -2.46. The Morgan fingerprint density at radius 1 is 1.20 bits per heavy atom. The number of hydrogen-bond acceptors (Lipinski definition) is 2. The predicted octanol–water partition coefficient (Wildman–Crippen LogP) is 4.67. The molecule has 2 aromatic carbocycles. The normalized spacial score (nSPS) is 12.2. The van der Waals surface area contributed by atoms with Crippen LogP contribution in [-0.4, -0.2) is 29.5 Å². The third-order valence-corrected chi connectivity index (χ3v) is 5.01. The number of carbonyl (C=O) groups is 1. The fourth-order valence-corrected chi connectivity index (χ4v) is 3.36. The van der Waals surface area contributed by atoms with Crippen LogP contribution in [-0.2, 0) is 7.05 Å². The van der Waals surface area contributed by atoms with Crippen LogP contribution in [0.3, 0.4) is 0 Å². The second kappa shape index (κ2) is 6.81. The van der Waals surface area contributed by atoms with Gasteiger partial charge in [-0.3, -0.25) is 4.79 Å². The molecule has 25 heavy (non-hydrogen) atoms. The first-order valence-electron chi connectivity index (χ1n) is 8.09. The maximum absolute atomic E-state index is 13.0. The van der Waals surface area contributed by atoms with Crippen molar-refractivity contribution in [3.05, 3.63) is 64.8 Å². The highest BCUT2D eigenvalue weighted by Crippen LogP contribution is 2.29. The topological polar surface area (TPSA) is 34.5 Å². The lowest BCUT2D eigenvalue weighted by Crippen LogP contribution is -2.31. The fraction of sp³-hybridized carbons (Fsp3) is 0.250. The summed E-state index contributed by atoms with van der Waals surface area (Å²) in [6.45, 7) is 2.00. The molecule has 0 fully saturated rings. The lowest BCUT2D eigenvalue weighted by molar-refractivity contribution is 0.0733. The molecular formula is C20H21ClN2O2. The summed E-state index contributed by atoms with van der Waals surface area (Å²) in [5.74, 6) is 0.728. The number of fused-ring (bicyclic) bond motifs is 1. The van der Waals surface area contributed by atoms with Crippen molar-refractivity contribution in [3.8, 4) is 5.75 Å². The molecule has 0 aliphatic carbocycles. The standard InChI is InChI=1S/C20H21ClN2O2/c1-13(14-7-5-9-16(11-14)25-4)22(2)20(24)18-12-15-8-6-10-17(21)19(15)23(18)3/h5-13H,1-4H3/t13-/m1/s1. The van der Waals surface area contributed by atoms with E-state index in [-0.39, 0.29) is 11.9 Å². The number of aromatic nitrogens is 1. The van der Waals surface area contributed by atoms with Crippen LogP contribution < -0.4 is 4.74 Å². The van der Waals surface area contributed by atoms with Gasteiger partial charge in [-0.2, -0.15) is 0 Å². The van der Waals surface area contributed by atoms with Crippen molar-refractivity contribution < 1.29 is 9.53 Å². The van der Waals surface area contributed by atoms with E-state index in [1.165, 1.54) is 0 Å². The quantitative estimate of drug-likeness (QED) is 0.680. The number of halogens is 1. The summed E-state index contributed by atoms with van der Waals surface area (Å²) in [6, 6.07) is 15.3. The van der Waals surface area contributed by atoms with Crippen molar-refractivity contribution in [1.29, 1.82) is 0 Å². The molecule has 0 saturated carbocycles. The van der Waals surface area contributed by atoms with E-state index < -0.39 is 0 Å². The number of ether oxygens (including phenoxy) is 1. The summed E-state index contributed by atoms with van der Waals surface area (Å²) < 4.78 is 7.14. The molecule has 130 valence electrons. The highest BCUT2D eigenvalue weighted by Gasteiger charge is 2.23. The van der Waals surface area contributed by atoms with Gasteiger partial charge in [0.1, 0.15) is 11.4 Å². The van der Waals surface area contributed by atoms with Gasteiger partial charge in [0.25, 0.3) is 5.91 Å². The van der Waals surface area contributed by atoms with Gasteiger partial charge >= 0.3 is 0 Å². The van der Waals surface area contributed by atoms with Gasteiger partial charge in [0.05, 0.1) is 23.7 Å². The average Bonchev–Trinajstić information content (AvgIpc) is 2.97. The molecule has 3 aromatic rings. The van der Waals surface area contributed by atoms with Gasteiger partial charge in [-0.1, -0.05) is 35.9 Å². The smallest absolute Gasteiger partial charge is 0.270 e. The molecular weight excluding hydrogens is 336 g/mol. The van der Waals surface area contributed by atoms with Crippen molar-refractivity contribution in [2.24, 2.45) is 7.05 Å². The molecule has 1 aromatic heterocycles. The Bertz CT molecular complexity index is 933. The molecule has 0 bridgehead atoms. The molecule has 0 unspecified atom stereocenters. The van der Waals surface area contributed by atoms with Crippen LogP contribution in [0.25, 0.3) is 10.9 Å². The van der Waals surface area contributed by atoms with Gasteiger partial charge in [-0.05, 0) is 36.8 Å². The summed E-state index contributed by atoms with van der Waals surface area (Å²) in [6.07, 6.45) is 0. The molecule has 1 heterocycles. The largest absolute Gasteiger partial charge is 0.497 e. The van der Waals surface area contributed by atoms with E-state index in [0.717, 1.165) is 22.2 Å². The number of nitrogens with zero attached hydrogens (tertiary/aromatic N) is 2. The first-order valence-corrected chi connectivity index (χ1v) is 8.47. The number of para-hydroxylation sites is 1. The average molecular weight is 357 g/mol. The van der Waals surface area contributed by atoms with Crippen LogP contribution in [0.5, 0.6) is 5.75 Å². The maximum atomic E-state index is 13.0. The van der Waals surface area contributed by atoms with E-state index in [2.05, 4.69) is 0 Å². The molecule has 0 aliphatic rings. The second-order valence-corrected chi connectivity index (χ2v) is 6.54. The highest BCUT2D eigenvalue weighted by atomic mass is 35.5. The van der Waals surface area contributed by atoms with Crippen molar-refractivity contribution >= 4 is 28.4 Å². The minimum atomic E-state index is -0.0870. The molecule has 3 rings (SSSR count). The van der Waals surface area contributed by atoms with Crippen molar-refractivity contribution in [3.63, 3.8) is 0 Å². The zero-order chi connectivity index (χ0) is 18.1. The van der Waals surface area contributed by atoms with E-state index in [1.807, 2.05) is 74.1 Å². The lowest BCUT2D eigenvalue weighted by Gasteiger charge is -2.26. The van der Waals surface area contributed by atoms with E-state index in [0.29, 0.717) is 10.7 Å². The van der Waals surface area contributed by atoms with Gasteiger partial charge < -0.3 is 14.2 Å². The minimum absolute atomic E-state index is 0.0508. The van der Waals surface area contributed by atoms with Gasteiger partial charge in [-0.25, -0.2) is 0 Å². The molecule has 4 nitrogen and oxygen atoms in total. The summed E-state index contributed by atoms with van der Waals surface area (Å²) in [4.78, 5) is 14.8. The van der Waals surface area contributed by atoms with Gasteiger partial charge in [-0.15, -0.1) is 0 Å². The number of rotatable bonds is 4. The van der Waals surface area contributed by atoms with Crippen LogP contribution in [0.4, 0.5) is 0 Å². The molecule has 5 heteroatoms. The van der Waals surface area contributed by atoms with Crippen LogP contribution in [0.15, 0.2) is 48.5 Å². The van der Waals surface area contributed by atoms with Crippen LogP contribution in [0.1, 0.15) is 29.0 Å². The predicted molar refractivity (Wildman–Crippen MR) is 101 cm³/mol. The van der Waals surface area contributed by atoms with E-state index >= 15 is 0 Å². The monoisotopic (exact) mass is 356 g/mol. The molecule has 0 saturated heterocycles. The summed E-state index contributed by atoms with van der Waals surface area (Å²) in [5, 5.41) is 1.60. The Morgan fingerprint density at radius 2 is 1.92 bits per heavy atom. The van der Waals surface area contributed by atoms with Crippen LogP contribution >= 0.6 is 11.6 Å². The van der Waals surface area contributed by atoms with Crippen molar-refractivity contribution in [1.82, 2.24) is 9.47 Å². The third-order valence-electron chi connectivity index (χ3n) is 4.70. The molecule has 0 radical (unpaired) electrons. The Labute approximate surface area is 152 Å². The first kappa shape index (κ1) is 17.4. The number of amides is 1. The minimum Gasteiger partial charge on any atom is -0.497 e. The maximum Gasteiger partial charge on any atom is 0.270 e. The number of hydrogen-bond donors (Lipinski definition) is 0. The second-order valence-electron chi connectivity index (χ2n) is 6.13. The Balaban J connectivity index is 1.94. The van der Waals surface area contributed by atoms with Gasteiger partial charge in [0.15, 0.2) is 0 Å².